The average molecular weight is 258 g/mol. The Hall–Kier alpha value is -2.56. The van der Waals surface area contributed by atoms with Crippen molar-refractivity contribution in [3.8, 4) is 11.5 Å². The molecule has 1 amide bonds. The summed E-state index contributed by atoms with van der Waals surface area (Å²) in [6.07, 6.45) is 3.22. The molecule has 0 atom stereocenters. The lowest BCUT2D eigenvalue weighted by molar-refractivity contribution is 0.0988. The van der Waals surface area contributed by atoms with Crippen molar-refractivity contribution in [1.29, 1.82) is 0 Å². The van der Waals surface area contributed by atoms with Crippen LogP contribution >= 0.6 is 0 Å². The van der Waals surface area contributed by atoms with Gasteiger partial charge in [-0.15, -0.1) is 0 Å². The number of benzene rings is 1. The summed E-state index contributed by atoms with van der Waals surface area (Å²) in [4.78, 5) is 17.8. The minimum absolute atomic E-state index is 0.246. The first kappa shape index (κ1) is 12.9. The second-order valence-corrected chi connectivity index (χ2v) is 3.96. The Morgan fingerprint density at radius 3 is 2.42 bits per heavy atom. The van der Waals surface area contributed by atoms with Crippen molar-refractivity contribution < 1.29 is 15.0 Å². The second kappa shape index (κ2) is 5.39. The number of hydrogen-bond donors (Lipinski definition) is 2. The highest BCUT2D eigenvalue weighted by molar-refractivity contribution is 6.06. The van der Waals surface area contributed by atoms with Gasteiger partial charge in [0.2, 0.25) is 0 Å². The molecule has 2 rings (SSSR count). The van der Waals surface area contributed by atoms with Crippen LogP contribution in [0.15, 0.2) is 42.7 Å². The van der Waals surface area contributed by atoms with Gasteiger partial charge in [-0.2, -0.15) is 0 Å². The number of rotatable bonds is 3. The quantitative estimate of drug-likeness (QED) is 0.827. The first-order valence-corrected chi connectivity index (χ1v) is 5.87. The number of anilines is 1. The van der Waals surface area contributed by atoms with Gasteiger partial charge >= 0.3 is 0 Å². The summed E-state index contributed by atoms with van der Waals surface area (Å²) >= 11 is 0. The molecule has 1 aromatic heterocycles. The molecule has 0 aliphatic heterocycles. The monoisotopic (exact) mass is 258 g/mol. The topological polar surface area (TPSA) is 73.7 Å². The Bertz CT molecular complexity index is 584. The van der Waals surface area contributed by atoms with Crippen molar-refractivity contribution in [2.45, 2.75) is 6.92 Å². The molecule has 2 N–H and O–H groups in total. The number of aromatic nitrogens is 1. The summed E-state index contributed by atoms with van der Waals surface area (Å²) < 4.78 is 0. The molecule has 0 saturated carbocycles. The van der Waals surface area contributed by atoms with Gasteiger partial charge in [-0.05, 0) is 37.3 Å². The van der Waals surface area contributed by atoms with Crippen molar-refractivity contribution in [3.05, 3.63) is 48.3 Å². The Labute approximate surface area is 110 Å². The number of pyridine rings is 1. The van der Waals surface area contributed by atoms with Gasteiger partial charge in [-0.25, -0.2) is 0 Å². The van der Waals surface area contributed by atoms with E-state index in [0.717, 1.165) is 5.69 Å². The van der Waals surface area contributed by atoms with Crippen LogP contribution in [-0.2, 0) is 0 Å². The third kappa shape index (κ3) is 2.65. The molecule has 1 aromatic carbocycles. The molecule has 0 bridgehead atoms. The Morgan fingerprint density at radius 1 is 1.16 bits per heavy atom. The molecular weight excluding hydrogens is 244 g/mol. The molecule has 5 nitrogen and oxygen atoms in total. The van der Waals surface area contributed by atoms with Gasteiger partial charge in [0.15, 0.2) is 11.5 Å². The smallest absolute Gasteiger partial charge is 0.258 e. The predicted molar refractivity (Wildman–Crippen MR) is 71.4 cm³/mol. The molecule has 1 heterocycles. The number of hydrogen-bond acceptors (Lipinski definition) is 4. The molecular formula is C14H14N2O3. The van der Waals surface area contributed by atoms with E-state index in [2.05, 4.69) is 4.98 Å². The van der Waals surface area contributed by atoms with E-state index in [1.54, 1.807) is 29.4 Å². The van der Waals surface area contributed by atoms with Gasteiger partial charge in [0, 0.05) is 30.2 Å². The summed E-state index contributed by atoms with van der Waals surface area (Å²) in [7, 11) is 0. The van der Waals surface area contributed by atoms with Crippen LogP contribution in [0.4, 0.5) is 5.69 Å². The number of amides is 1. The Kier molecular flexibility index (Phi) is 3.66. The van der Waals surface area contributed by atoms with E-state index in [1.165, 1.54) is 18.2 Å². The van der Waals surface area contributed by atoms with Crippen LogP contribution in [0.25, 0.3) is 0 Å². The zero-order chi connectivity index (χ0) is 13.8. The minimum atomic E-state index is -0.309. The highest BCUT2D eigenvalue weighted by Gasteiger charge is 2.17. The Morgan fingerprint density at radius 2 is 1.84 bits per heavy atom. The lowest BCUT2D eigenvalue weighted by Crippen LogP contribution is -2.30. The highest BCUT2D eigenvalue weighted by atomic mass is 16.3. The molecule has 2 aromatic rings. The fourth-order valence-electron chi connectivity index (χ4n) is 1.78. The molecule has 5 heteroatoms. The lowest BCUT2D eigenvalue weighted by Gasteiger charge is -2.21. The lowest BCUT2D eigenvalue weighted by atomic mass is 10.1. The van der Waals surface area contributed by atoms with E-state index < -0.39 is 0 Å². The first-order chi connectivity index (χ1) is 9.13. The summed E-state index contributed by atoms with van der Waals surface area (Å²) in [5.74, 6) is -0.802. The SMILES string of the molecule is CCN(C(=O)c1ccc(O)c(O)c1)c1ccncc1. The summed E-state index contributed by atoms with van der Waals surface area (Å²) in [5.41, 5.74) is 1.05. The highest BCUT2D eigenvalue weighted by Crippen LogP contribution is 2.26. The van der Waals surface area contributed by atoms with E-state index >= 15 is 0 Å². The molecule has 0 fully saturated rings. The summed E-state index contributed by atoms with van der Waals surface area (Å²) in [5, 5.41) is 18.7. The second-order valence-electron chi connectivity index (χ2n) is 3.96. The van der Waals surface area contributed by atoms with E-state index in [-0.39, 0.29) is 17.4 Å². The molecule has 0 spiro atoms. The molecule has 0 radical (unpaired) electrons. The fraction of sp³-hybridized carbons (Fsp3) is 0.143. The van der Waals surface area contributed by atoms with Gasteiger partial charge in [0.05, 0.1) is 0 Å². The van der Waals surface area contributed by atoms with E-state index in [4.69, 9.17) is 0 Å². The standard InChI is InChI=1S/C14H14N2O3/c1-2-16(11-5-7-15-8-6-11)14(19)10-3-4-12(17)13(18)9-10/h3-9,17-18H,2H2,1H3. The molecule has 98 valence electrons. The number of aromatic hydroxyl groups is 2. The third-order valence-corrected chi connectivity index (χ3v) is 2.76. The van der Waals surface area contributed by atoms with E-state index in [0.29, 0.717) is 12.1 Å². The van der Waals surface area contributed by atoms with Crippen LogP contribution in [0.5, 0.6) is 11.5 Å². The fourth-order valence-corrected chi connectivity index (χ4v) is 1.78. The van der Waals surface area contributed by atoms with Crippen LogP contribution < -0.4 is 4.90 Å². The zero-order valence-corrected chi connectivity index (χ0v) is 10.4. The van der Waals surface area contributed by atoms with Crippen LogP contribution in [-0.4, -0.2) is 27.6 Å². The number of phenolic OH excluding ortho intramolecular Hbond substituents is 2. The molecule has 0 aliphatic carbocycles. The maximum Gasteiger partial charge on any atom is 0.258 e. The van der Waals surface area contributed by atoms with Crippen molar-refractivity contribution in [2.75, 3.05) is 11.4 Å². The van der Waals surface area contributed by atoms with E-state index in [9.17, 15) is 15.0 Å². The number of phenols is 2. The maximum atomic E-state index is 12.4. The molecule has 0 aliphatic rings. The first-order valence-electron chi connectivity index (χ1n) is 5.87. The number of carbonyl (C=O) groups excluding carboxylic acids is 1. The average Bonchev–Trinajstić information content (AvgIpc) is 2.44. The largest absolute Gasteiger partial charge is 0.504 e. The van der Waals surface area contributed by atoms with Crippen molar-refractivity contribution in [3.63, 3.8) is 0 Å². The van der Waals surface area contributed by atoms with Gasteiger partial charge in [0.25, 0.3) is 5.91 Å². The molecule has 0 saturated heterocycles. The predicted octanol–water partition coefficient (Wildman–Crippen LogP) is 2.16. The van der Waals surface area contributed by atoms with Gasteiger partial charge in [0.1, 0.15) is 0 Å². The minimum Gasteiger partial charge on any atom is -0.504 e. The Balaban J connectivity index is 2.33. The molecule has 19 heavy (non-hydrogen) atoms. The van der Waals surface area contributed by atoms with Crippen LogP contribution in [0, 0.1) is 0 Å². The van der Waals surface area contributed by atoms with Gasteiger partial charge in [-0.3, -0.25) is 9.78 Å². The summed E-state index contributed by atoms with van der Waals surface area (Å²) in [6, 6.07) is 7.50. The number of nitrogens with zero attached hydrogens (tertiary/aromatic N) is 2. The van der Waals surface area contributed by atoms with Crippen LogP contribution in [0.1, 0.15) is 17.3 Å². The number of carbonyl (C=O) groups is 1. The summed E-state index contributed by atoms with van der Waals surface area (Å²) in [6.45, 7) is 2.35. The van der Waals surface area contributed by atoms with Crippen LogP contribution in [0.3, 0.4) is 0 Å². The van der Waals surface area contributed by atoms with Crippen LogP contribution in [0.2, 0.25) is 0 Å². The van der Waals surface area contributed by atoms with Crippen molar-refractivity contribution >= 4 is 11.6 Å². The normalized spacial score (nSPS) is 10.2. The van der Waals surface area contributed by atoms with Gasteiger partial charge < -0.3 is 15.1 Å². The molecule has 0 unspecified atom stereocenters. The maximum absolute atomic E-state index is 12.4. The van der Waals surface area contributed by atoms with Crippen molar-refractivity contribution in [1.82, 2.24) is 4.98 Å². The zero-order valence-electron chi connectivity index (χ0n) is 10.4. The van der Waals surface area contributed by atoms with E-state index in [1.807, 2.05) is 6.92 Å². The van der Waals surface area contributed by atoms with Gasteiger partial charge in [-0.1, -0.05) is 0 Å². The third-order valence-electron chi connectivity index (χ3n) is 2.76. The van der Waals surface area contributed by atoms with Crippen molar-refractivity contribution in [2.24, 2.45) is 0 Å².